The molecule has 2 heteroatoms. The zero-order chi connectivity index (χ0) is 8.97. The molecule has 0 aromatic carbocycles. The van der Waals surface area contributed by atoms with Crippen LogP contribution in [0.5, 0.6) is 0 Å². The van der Waals surface area contributed by atoms with Crippen LogP contribution in [0.15, 0.2) is 0 Å². The molecule has 0 heterocycles. The fraction of sp³-hybridized carbons (Fsp3) is 0.800. The van der Waals surface area contributed by atoms with Crippen LogP contribution in [0.1, 0.15) is 38.5 Å². The third-order valence-electron chi connectivity index (χ3n) is 2.40. The van der Waals surface area contributed by atoms with Crippen LogP contribution in [0.25, 0.3) is 0 Å². The van der Waals surface area contributed by atoms with Gasteiger partial charge in [-0.1, -0.05) is 13.3 Å². The summed E-state index contributed by atoms with van der Waals surface area (Å²) in [5, 5.41) is 0.0704. The zero-order valence-corrected chi connectivity index (χ0v) is 8.12. The van der Waals surface area contributed by atoms with Crippen LogP contribution < -0.4 is 0 Å². The molecule has 0 bridgehead atoms. The van der Waals surface area contributed by atoms with Crippen molar-refractivity contribution in [3.63, 3.8) is 0 Å². The van der Waals surface area contributed by atoms with Gasteiger partial charge in [0, 0.05) is 5.38 Å². The van der Waals surface area contributed by atoms with Crippen LogP contribution in [0.3, 0.4) is 0 Å². The highest BCUT2D eigenvalue weighted by Crippen LogP contribution is 2.34. The minimum absolute atomic E-state index is 0.0704. The van der Waals surface area contributed by atoms with Crippen molar-refractivity contribution >= 4 is 11.6 Å². The second-order valence-electron chi connectivity index (χ2n) is 3.46. The van der Waals surface area contributed by atoms with E-state index in [0.717, 1.165) is 32.1 Å². The molecular formula is C10H16ClF. The second kappa shape index (κ2) is 5.06. The lowest BCUT2D eigenvalue weighted by atomic mass is 9.84. The van der Waals surface area contributed by atoms with Crippen molar-refractivity contribution in [3.8, 4) is 0 Å². The first-order valence-corrected chi connectivity index (χ1v) is 5.09. The minimum atomic E-state index is -0.639. The molecule has 0 spiro atoms. The Morgan fingerprint density at radius 2 is 2.42 bits per heavy atom. The minimum Gasteiger partial charge on any atom is -0.247 e. The molecule has 0 amide bonds. The van der Waals surface area contributed by atoms with E-state index in [9.17, 15) is 4.39 Å². The maximum absolute atomic E-state index is 12.9. The number of halogens is 2. The van der Waals surface area contributed by atoms with Gasteiger partial charge in [0.05, 0.1) is 0 Å². The van der Waals surface area contributed by atoms with Gasteiger partial charge >= 0.3 is 0 Å². The van der Waals surface area contributed by atoms with Gasteiger partial charge in [-0.25, -0.2) is 4.39 Å². The van der Waals surface area contributed by atoms with Crippen molar-refractivity contribution in [2.45, 2.75) is 50.1 Å². The molecule has 2 unspecified atom stereocenters. The van der Waals surface area contributed by atoms with Gasteiger partial charge < -0.3 is 0 Å². The lowest BCUT2D eigenvalue weighted by Gasteiger charge is -2.27. The Hall–Kier alpha value is 0.220. The molecule has 0 N–H and O–H groups in total. The molecule has 1 saturated carbocycles. The average Bonchev–Trinajstić information content (AvgIpc) is 2.05. The Labute approximate surface area is 79.5 Å². The van der Waals surface area contributed by atoms with Crippen molar-refractivity contribution in [3.05, 3.63) is 12.8 Å². The summed E-state index contributed by atoms with van der Waals surface area (Å²) in [5.74, 6) is 1.21. The fourth-order valence-electron chi connectivity index (χ4n) is 1.71. The molecule has 1 fully saturated rings. The molecule has 0 aliphatic heterocycles. The van der Waals surface area contributed by atoms with Gasteiger partial charge in [-0.2, -0.15) is 0 Å². The Balaban J connectivity index is 2.29. The lowest BCUT2D eigenvalue weighted by molar-refractivity contribution is 0.260. The van der Waals surface area contributed by atoms with E-state index in [0.29, 0.717) is 6.42 Å². The molecule has 1 aliphatic rings. The van der Waals surface area contributed by atoms with Crippen LogP contribution in [-0.4, -0.2) is 11.5 Å². The summed E-state index contributed by atoms with van der Waals surface area (Å²) >= 11 is 6.08. The molecule has 1 aliphatic carbocycles. The molecule has 70 valence electrons. The first kappa shape index (κ1) is 10.3. The number of hydrogen-bond donors (Lipinski definition) is 0. The van der Waals surface area contributed by atoms with Gasteiger partial charge in [0.1, 0.15) is 6.17 Å². The molecule has 12 heavy (non-hydrogen) atoms. The smallest absolute Gasteiger partial charge is 0.101 e. The molecule has 0 saturated heterocycles. The van der Waals surface area contributed by atoms with Crippen molar-refractivity contribution in [1.29, 1.82) is 0 Å². The summed E-state index contributed by atoms with van der Waals surface area (Å²) in [4.78, 5) is 0. The molecule has 0 nitrogen and oxygen atoms in total. The molecule has 2 atom stereocenters. The van der Waals surface area contributed by atoms with E-state index in [1.807, 2.05) is 0 Å². The van der Waals surface area contributed by atoms with Crippen LogP contribution in [0, 0.1) is 12.8 Å². The van der Waals surface area contributed by atoms with Gasteiger partial charge in [0.2, 0.25) is 0 Å². The SMILES string of the molecule is [CH2]CCC(Cl)[C]1CCCC(F)C1. The number of rotatable bonds is 3. The second-order valence-corrected chi connectivity index (χ2v) is 3.99. The van der Waals surface area contributed by atoms with E-state index in [-0.39, 0.29) is 5.38 Å². The highest BCUT2D eigenvalue weighted by Gasteiger charge is 2.26. The topological polar surface area (TPSA) is 0 Å². The molecule has 1 rings (SSSR count). The van der Waals surface area contributed by atoms with Crippen molar-refractivity contribution in [2.75, 3.05) is 0 Å². The highest BCUT2D eigenvalue weighted by atomic mass is 35.5. The summed E-state index contributed by atoms with van der Waals surface area (Å²) in [6.45, 7) is 3.75. The standard InChI is InChI=1S/C10H16ClF/c1-2-4-10(11)8-5-3-6-9(12)7-8/h9-10H,1-7H2. The number of hydrogen-bond acceptors (Lipinski definition) is 0. The summed E-state index contributed by atoms with van der Waals surface area (Å²) in [6.07, 6.45) is 4.40. The van der Waals surface area contributed by atoms with Crippen LogP contribution in [0.4, 0.5) is 4.39 Å². The summed E-state index contributed by atoms with van der Waals surface area (Å²) in [5.41, 5.74) is 0. The van der Waals surface area contributed by atoms with Gasteiger partial charge in [0.15, 0.2) is 0 Å². The predicted octanol–water partition coefficient (Wildman–Crippen LogP) is 3.69. The maximum atomic E-state index is 12.9. The molecule has 0 aromatic rings. The van der Waals surface area contributed by atoms with Crippen molar-refractivity contribution < 1.29 is 4.39 Å². The molecule has 0 aromatic heterocycles. The summed E-state index contributed by atoms with van der Waals surface area (Å²) in [7, 11) is 0. The van der Waals surface area contributed by atoms with E-state index in [1.165, 1.54) is 5.92 Å². The van der Waals surface area contributed by atoms with E-state index in [1.54, 1.807) is 0 Å². The fourth-order valence-corrected chi connectivity index (χ4v) is 2.06. The quantitative estimate of drug-likeness (QED) is 0.596. The van der Waals surface area contributed by atoms with Gasteiger partial charge in [0.25, 0.3) is 0 Å². The lowest BCUT2D eigenvalue weighted by Crippen LogP contribution is -2.21. The third kappa shape index (κ3) is 2.93. The van der Waals surface area contributed by atoms with E-state index >= 15 is 0 Å². The van der Waals surface area contributed by atoms with E-state index in [4.69, 9.17) is 11.6 Å². The Bertz CT molecular complexity index is 127. The van der Waals surface area contributed by atoms with Crippen LogP contribution in [0.2, 0.25) is 0 Å². The first-order chi connectivity index (χ1) is 5.74. The normalized spacial score (nSPS) is 28.8. The van der Waals surface area contributed by atoms with Gasteiger partial charge in [-0.3, -0.25) is 0 Å². The Morgan fingerprint density at radius 1 is 1.67 bits per heavy atom. The van der Waals surface area contributed by atoms with Gasteiger partial charge in [-0.15, -0.1) is 11.6 Å². The maximum Gasteiger partial charge on any atom is 0.101 e. The molecule has 2 radical (unpaired) electrons. The Kier molecular flexibility index (Phi) is 4.34. The summed E-state index contributed by atoms with van der Waals surface area (Å²) < 4.78 is 12.9. The third-order valence-corrected chi connectivity index (χ3v) is 2.93. The zero-order valence-electron chi connectivity index (χ0n) is 7.36. The first-order valence-electron chi connectivity index (χ1n) is 4.66. The summed E-state index contributed by atoms with van der Waals surface area (Å²) in [6, 6.07) is 0. The largest absolute Gasteiger partial charge is 0.247 e. The Morgan fingerprint density at radius 3 is 3.00 bits per heavy atom. The van der Waals surface area contributed by atoms with Crippen LogP contribution >= 0.6 is 11.6 Å². The number of alkyl halides is 2. The highest BCUT2D eigenvalue weighted by molar-refractivity contribution is 6.22. The van der Waals surface area contributed by atoms with Gasteiger partial charge in [-0.05, 0) is 38.0 Å². The average molecular weight is 191 g/mol. The van der Waals surface area contributed by atoms with Crippen molar-refractivity contribution in [1.82, 2.24) is 0 Å². The van der Waals surface area contributed by atoms with Crippen LogP contribution in [-0.2, 0) is 0 Å². The predicted molar refractivity (Wildman–Crippen MR) is 50.8 cm³/mol. The monoisotopic (exact) mass is 190 g/mol. The molecular weight excluding hydrogens is 175 g/mol. The van der Waals surface area contributed by atoms with E-state index < -0.39 is 6.17 Å². The van der Waals surface area contributed by atoms with E-state index in [2.05, 4.69) is 6.92 Å². The van der Waals surface area contributed by atoms with Crippen molar-refractivity contribution in [2.24, 2.45) is 0 Å².